The van der Waals surface area contributed by atoms with Crippen LogP contribution in [0.4, 0.5) is 0 Å². The minimum absolute atomic E-state index is 0.0875. The fraction of sp³-hybridized carbons (Fsp3) is 0.368. The number of esters is 1. The molecule has 26 heavy (non-hydrogen) atoms. The van der Waals surface area contributed by atoms with Crippen molar-refractivity contribution in [2.24, 2.45) is 0 Å². The highest BCUT2D eigenvalue weighted by Gasteiger charge is 2.18. The first-order chi connectivity index (χ1) is 12.5. The summed E-state index contributed by atoms with van der Waals surface area (Å²) < 4.78 is 21.6. The third-order valence-electron chi connectivity index (χ3n) is 3.90. The summed E-state index contributed by atoms with van der Waals surface area (Å²) in [7, 11) is 4.48. The molecule has 1 atom stereocenters. The number of pyridine rings is 1. The number of hydrogen-bond donors (Lipinski definition) is 0. The quantitative estimate of drug-likeness (QED) is 0.472. The van der Waals surface area contributed by atoms with Crippen LogP contribution in [0.5, 0.6) is 11.6 Å². The van der Waals surface area contributed by atoms with Gasteiger partial charge in [-0.2, -0.15) is 0 Å². The van der Waals surface area contributed by atoms with Gasteiger partial charge in [0.15, 0.2) is 6.79 Å². The lowest BCUT2D eigenvalue weighted by atomic mass is 9.94. The van der Waals surface area contributed by atoms with Crippen molar-refractivity contribution < 1.29 is 23.7 Å². The molecule has 1 unspecified atom stereocenters. The maximum absolute atomic E-state index is 11.8. The zero-order chi connectivity index (χ0) is 19.1. The van der Waals surface area contributed by atoms with Gasteiger partial charge in [-0.05, 0) is 52.0 Å². The maximum atomic E-state index is 11.8. The zero-order valence-electron chi connectivity index (χ0n) is 15.2. The van der Waals surface area contributed by atoms with E-state index in [-0.39, 0.29) is 12.7 Å². The summed E-state index contributed by atoms with van der Waals surface area (Å²) in [6.45, 7) is 2.16. The van der Waals surface area contributed by atoms with Gasteiger partial charge < -0.3 is 18.9 Å². The number of aromatic nitrogens is 1. The number of benzene rings is 1. The van der Waals surface area contributed by atoms with Crippen LogP contribution >= 0.6 is 15.9 Å². The smallest absolute Gasteiger partial charge is 0.337 e. The number of halogens is 1. The summed E-state index contributed by atoms with van der Waals surface area (Å²) >= 11 is 3.53. The lowest BCUT2D eigenvalue weighted by molar-refractivity contribution is 0.0495. The Morgan fingerprint density at radius 2 is 1.96 bits per heavy atom. The molecule has 0 N–H and O–H groups in total. The lowest BCUT2D eigenvalue weighted by Crippen LogP contribution is -2.09. The highest BCUT2D eigenvalue weighted by Crippen LogP contribution is 2.32. The van der Waals surface area contributed by atoms with E-state index >= 15 is 0 Å². The minimum Gasteiger partial charge on any atom is -0.481 e. The SMILES string of the molecule is COCOc1cc(C(=O)OC)ccc1C(C)Cc1nc(OC)ccc1Br. The van der Waals surface area contributed by atoms with E-state index in [4.69, 9.17) is 18.9 Å². The molecule has 1 heterocycles. The molecule has 1 aromatic carbocycles. The summed E-state index contributed by atoms with van der Waals surface area (Å²) in [5.41, 5.74) is 2.26. The minimum atomic E-state index is -0.413. The van der Waals surface area contributed by atoms with Crippen molar-refractivity contribution in [1.82, 2.24) is 4.98 Å². The van der Waals surface area contributed by atoms with Crippen molar-refractivity contribution in [3.8, 4) is 11.6 Å². The Kier molecular flexibility index (Phi) is 7.41. The average molecular weight is 424 g/mol. The predicted molar refractivity (Wildman–Crippen MR) is 101 cm³/mol. The number of carbonyl (C=O) groups excluding carboxylic acids is 1. The Bertz CT molecular complexity index is 766. The Balaban J connectivity index is 2.31. The molecule has 0 radical (unpaired) electrons. The van der Waals surface area contributed by atoms with E-state index in [1.807, 2.05) is 12.1 Å². The molecule has 0 amide bonds. The van der Waals surface area contributed by atoms with E-state index in [9.17, 15) is 4.79 Å². The fourth-order valence-corrected chi connectivity index (χ4v) is 2.94. The van der Waals surface area contributed by atoms with Gasteiger partial charge in [-0.1, -0.05) is 13.0 Å². The van der Waals surface area contributed by atoms with E-state index in [2.05, 4.69) is 27.8 Å². The van der Waals surface area contributed by atoms with Gasteiger partial charge in [0.2, 0.25) is 5.88 Å². The molecule has 1 aromatic heterocycles. The molecule has 0 bridgehead atoms. The molecule has 7 heteroatoms. The average Bonchev–Trinajstić information content (AvgIpc) is 2.67. The maximum Gasteiger partial charge on any atom is 0.337 e. The molecule has 0 spiro atoms. The molecular weight excluding hydrogens is 402 g/mol. The van der Waals surface area contributed by atoms with Crippen LogP contribution in [0, 0.1) is 0 Å². The first-order valence-electron chi connectivity index (χ1n) is 8.03. The largest absolute Gasteiger partial charge is 0.481 e. The predicted octanol–water partition coefficient (Wildman–Crippen LogP) is 3.97. The standard InChI is InChI=1S/C19H22BrNO5/c1-12(9-16-15(20)7-8-18(21-16)24-3)14-6-5-13(19(22)25-4)10-17(14)26-11-23-2/h5-8,10,12H,9,11H2,1-4H3. The topological polar surface area (TPSA) is 66.9 Å². The third kappa shape index (κ3) is 4.95. The first kappa shape index (κ1) is 20.2. The van der Waals surface area contributed by atoms with Gasteiger partial charge in [0.1, 0.15) is 5.75 Å². The van der Waals surface area contributed by atoms with Crippen LogP contribution in [-0.4, -0.2) is 39.1 Å². The Labute approximate surface area is 161 Å². The van der Waals surface area contributed by atoms with Gasteiger partial charge in [0, 0.05) is 17.6 Å². The Morgan fingerprint density at radius 1 is 1.19 bits per heavy atom. The highest BCUT2D eigenvalue weighted by molar-refractivity contribution is 9.10. The highest BCUT2D eigenvalue weighted by atomic mass is 79.9. The van der Waals surface area contributed by atoms with Gasteiger partial charge in [0.25, 0.3) is 0 Å². The van der Waals surface area contributed by atoms with Crippen LogP contribution in [0.1, 0.15) is 34.5 Å². The van der Waals surface area contributed by atoms with Crippen molar-refractivity contribution in [2.75, 3.05) is 28.1 Å². The van der Waals surface area contributed by atoms with Crippen LogP contribution in [0.2, 0.25) is 0 Å². The summed E-state index contributed by atoms with van der Waals surface area (Å²) in [5, 5.41) is 0. The summed E-state index contributed by atoms with van der Waals surface area (Å²) in [4.78, 5) is 16.3. The van der Waals surface area contributed by atoms with Crippen molar-refractivity contribution in [1.29, 1.82) is 0 Å². The van der Waals surface area contributed by atoms with Gasteiger partial charge in [0.05, 0.1) is 25.5 Å². The monoisotopic (exact) mass is 423 g/mol. The zero-order valence-corrected chi connectivity index (χ0v) is 16.8. The second kappa shape index (κ2) is 9.54. The van der Waals surface area contributed by atoms with E-state index in [1.165, 1.54) is 7.11 Å². The van der Waals surface area contributed by atoms with Crippen LogP contribution in [0.25, 0.3) is 0 Å². The third-order valence-corrected chi connectivity index (χ3v) is 4.62. The van der Waals surface area contributed by atoms with E-state index in [0.29, 0.717) is 23.6 Å². The molecular formula is C19H22BrNO5. The molecule has 140 valence electrons. The number of carbonyl (C=O) groups is 1. The van der Waals surface area contributed by atoms with Crippen molar-refractivity contribution in [3.05, 3.63) is 51.6 Å². The first-order valence-corrected chi connectivity index (χ1v) is 8.82. The fourth-order valence-electron chi connectivity index (χ4n) is 2.55. The lowest BCUT2D eigenvalue weighted by Gasteiger charge is -2.18. The van der Waals surface area contributed by atoms with Crippen LogP contribution < -0.4 is 9.47 Å². The summed E-state index contributed by atoms with van der Waals surface area (Å²) in [6, 6.07) is 8.99. The molecule has 0 aliphatic heterocycles. The summed E-state index contributed by atoms with van der Waals surface area (Å²) in [5.74, 6) is 0.821. The van der Waals surface area contributed by atoms with Gasteiger partial charge in [-0.25, -0.2) is 9.78 Å². The summed E-state index contributed by atoms with van der Waals surface area (Å²) in [6.07, 6.45) is 0.665. The van der Waals surface area contributed by atoms with E-state index in [0.717, 1.165) is 15.7 Å². The van der Waals surface area contributed by atoms with Crippen molar-refractivity contribution in [2.45, 2.75) is 19.3 Å². The van der Waals surface area contributed by atoms with Gasteiger partial charge >= 0.3 is 5.97 Å². The molecule has 0 fully saturated rings. The van der Waals surface area contributed by atoms with Crippen LogP contribution in [0.15, 0.2) is 34.8 Å². The Hall–Kier alpha value is -2.12. The van der Waals surface area contributed by atoms with E-state index in [1.54, 1.807) is 32.4 Å². The number of methoxy groups -OCH3 is 3. The van der Waals surface area contributed by atoms with Gasteiger partial charge in [-0.3, -0.25) is 0 Å². The second-order valence-electron chi connectivity index (χ2n) is 5.68. The number of ether oxygens (including phenoxy) is 4. The molecule has 6 nitrogen and oxygen atoms in total. The second-order valence-corrected chi connectivity index (χ2v) is 6.54. The number of rotatable bonds is 8. The van der Waals surface area contributed by atoms with Crippen molar-refractivity contribution >= 4 is 21.9 Å². The number of nitrogens with zero attached hydrogens (tertiary/aromatic N) is 1. The molecule has 0 saturated heterocycles. The number of hydrogen-bond acceptors (Lipinski definition) is 6. The molecule has 2 rings (SSSR count). The van der Waals surface area contributed by atoms with Crippen LogP contribution in [-0.2, 0) is 15.9 Å². The molecule has 0 aliphatic rings. The molecule has 0 aliphatic carbocycles. The molecule has 2 aromatic rings. The molecule has 0 saturated carbocycles. The normalized spacial score (nSPS) is 11.7. The van der Waals surface area contributed by atoms with Crippen molar-refractivity contribution in [3.63, 3.8) is 0 Å². The Morgan fingerprint density at radius 3 is 2.62 bits per heavy atom. The van der Waals surface area contributed by atoms with Gasteiger partial charge in [-0.15, -0.1) is 0 Å². The van der Waals surface area contributed by atoms with E-state index < -0.39 is 5.97 Å². The van der Waals surface area contributed by atoms with Crippen LogP contribution in [0.3, 0.4) is 0 Å².